The summed E-state index contributed by atoms with van der Waals surface area (Å²) in [5, 5.41) is 4.02. The highest BCUT2D eigenvalue weighted by molar-refractivity contribution is 9.09. The summed E-state index contributed by atoms with van der Waals surface area (Å²) in [6.45, 7) is 2.77. The van der Waals surface area contributed by atoms with Crippen molar-refractivity contribution in [2.75, 3.05) is 11.9 Å². The zero-order valence-electron chi connectivity index (χ0n) is 10.3. The number of hydrogen-bond acceptors (Lipinski definition) is 1. The second kappa shape index (κ2) is 8.29. The van der Waals surface area contributed by atoms with Crippen LogP contribution in [0, 0.1) is 6.92 Å². The maximum Gasteiger partial charge on any atom is 0.251 e. The van der Waals surface area contributed by atoms with Crippen molar-refractivity contribution in [1.82, 2.24) is 5.32 Å². The van der Waals surface area contributed by atoms with Crippen molar-refractivity contribution in [3.05, 3.63) is 35.4 Å². The molecule has 3 heteroatoms. The molecule has 0 unspecified atom stereocenters. The number of aryl methyl sites for hydroxylation is 1. The summed E-state index contributed by atoms with van der Waals surface area (Å²) < 4.78 is 0. The van der Waals surface area contributed by atoms with Crippen molar-refractivity contribution in [2.45, 2.75) is 32.6 Å². The topological polar surface area (TPSA) is 29.1 Å². The molecule has 1 aromatic rings. The van der Waals surface area contributed by atoms with E-state index in [-0.39, 0.29) is 5.91 Å². The molecule has 94 valence electrons. The summed E-state index contributed by atoms with van der Waals surface area (Å²) in [4.78, 5) is 11.8. The fourth-order valence-corrected chi connectivity index (χ4v) is 2.06. The largest absolute Gasteiger partial charge is 0.352 e. The van der Waals surface area contributed by atoms with E-state index < -0.39 is 0 Å². The van der Waals surface area contributed by atoms with Crippen LogP contribution < -0.4 is 5.32 Å². The molecular formula is C14H20BrNO. The monoisotopic (exact) mass is 297 g/mol. The Morgan fingerprint density at radius 2 is 2.00 bits per heavy atom. The molecule has 1 N–H and O–H groups in total. The highest BCUT2D eigenvalue weighted by Crippen LogP contribution is 2.04. The lowest BCUT2D eigenvalue weighted by molar-refractivity contribution is 0.0953. The first-order chi connectivity index (χ1) is 8.24. The first kappa shape index (κ1) is 14.2. The number of carbonyl (C=O) groups is 1. The van der Waals surface area contributed by atoms with E-state index in [0.717, 1.165) is 29.4 Å². The van der Waals surface area contributed by atoms with Crippen LogP contribution in [-0.2, 0) is 0 Å². The van der Waals surface area contributed by atoms with E-state index in [1.165, 1.54) is 19.3 Å². The van der Waals surface area contributed by atoms with Gasteiger partial charge in [-0.1, -0.05) is 46.5 Å². The fourth-order valence-electron chi connectivity index (χ4n) is 1.66. The van der Waals surface area contributed by atoms with Crippen LogP contribution in [0.5, 0.6) is 0 Å². The Labute approximate surface area is 112 Å². The van der Waals surface area contributed by atoms with Gasteiger partial charge >= 0.3 is 0 Å². The average molecular weight is 298 g/mol. The minimum absolute atomic E-state index is 0.0363. The molecule has 0 aromatic heterocycles. The van der Waals surface area contributed by atoms with Gasteiger partial charge in [0.25, 0.3) is 5.91 Å². The minimum atomic E-state index is 0.0363. The van der Waals surface area contributed by atoms with Gasteiger partial charge in [-0.15, -0.1) is 0 Å². The average Bonchev–Trinajstić information content (AvgIpc) is 2.33. The molecule has 0 heterocycles. The van der Waals surface area contributed by atoms with E-state index in [0.29, 0.717) is 0 Å². The summed E-state index contributed by atoms with van der Waals surface area (Å²) >= 11 is 3.41. The Bertz CT molecular complexity index is 352. The molecule has 17 heavy (non-hydrogen) atoms. The lowest BCUT2D eigenvalue weighted by Gasteiger charge is -2.05. The van der Waals surface area contributed by atoms with Crippen LogP contribution in [0.4, 0.5) is 0 Å². The number of amides is 1. The second-order valence-electron chi connectivity index (χ2n) is 4.23. The van der Waals surface area contributed by atoms with Crippen LogP contribution in [0.1, 0.15) is 41.6 Å². The number of rotatable bonds is 7. The van der Waals surface area contributed by atoms with Gasteiger partial charge in [0.2, 0.25) is 0 Å². The molecule has 0 radical (unpaired) electrons. The van der Waals surface area contributed by atoms with Crippen LogP contribution >= 0.6 is 15.9 Å². The lowest BCUT2D eigenvalue weighted by atomic mass is 10.1. The molecule has 2 nitrogen and oxygen atoms in total. The third kappa shape index (κ3) is 5.87. The Hall–Kier alpha value is -0.830. The van der Waals surface area contributed by atoms with Gasteiger partial charge in [-0.3, -0.25) is 4.79 Å². The maximum absolute atomic E-state index is 11.8. The highest BCUT2D eigenvalue weighted by atomic mass is 79.9. The molecule has 0 fully saturated rings. The normalized spacial score (nSPS) is 10.2. The zero-order chi connectivity index (χ0) is 12.5. The van der Waals surface area contributed by atoms with E-state index >= 15 is 0 Å². The lowest BCUT2D eigenvalue weighted by Crippen LogP contribution is -2.24. The smallest absolute Gasteiger partial charge is 0.251 e. The first-order valence-corrected chi connectivity index (χ1v) is 7.27. The van der Waals surface area contributed by atoms with Crippen LogP contribution in [0.3, 0.4) is 0 Å². The Morgan fingerprint density at radius 3 is 2.71 bits per heavy atom. The quantitative estimate of drug-likeness (QED) is 0.604. The molecule has 0 saturated heterocycles. The maximum atomic E-state index is 11.8. The van der Waals surface area contributed by atoms with Crippen LogP contribution in [0.2, 0.25) is 0 Å². The predicted octanol–water partition coefficient (Wildman–Crippen LogP) is 3.68. The zero-order valence-corrected chi connectivity index (χ0v) is 11.9. The highest BCUT2D eigenvalue weighted by Gasteiger charge is 2.03. The van der Waals surface area contributed by atoms with Crippen molar-refractivity contribution in [2.24, 2.45) is 0 Å². The van der Waals surface area contributed by atoms with Crippen molar-refractivity contribution >= 4 is 21.8 Å². The van der Waals surface area contributed by atoms with Crippen LogP contribution in [0.15, 0.2) is 24.3 Å². The Morgan fingerprint density at radius 1 is 1.24 bits per heavy atom. The standard InChI is InChI=1S/C14H20BrNO/c1-12-7-6-8-13(11-12)14(17)16-10-5-3-2-4-9-15/h6-8,11H,2-5,9-10H2,1H3,(H,16,17). The molecule has 1 amide bonds. The number of hydrogen-bond donors (Lipinski definition) is 1. The summed E-state index contributed by atoms with van der Waals surface area (Å²) in [6.07, 6.45) is 4.68. The minimum Gasteiger partial charge on any atom is -0.352 e. The summed E-state index contributed by atoms with van der Waals surface area (Å²) in [5.74, 6) is 0.0363. The molecule has 1 aromatic carbocycles. The fraction of sp³-hybridized carbons (Fsp3) is 0.500. The molecule has 0 aliphatic heterocycles. The number of halogens is 1. The molecule has 0 atom stereocenters. The van der Waals surface area contributed by atoms with Crippen LogP contribution in [-0.4, -0.2) is 17.8 Å². The molecular weight excluding hydrogens is 278 g/mol. The number of benzene rings is 1. The summed E-state index contributed by atoms with van der Waals surface area (Å²) in [5.41, 5.74) is 1.88. The third-order valence-corrected chi connectivity index (χ3v) is 3.19. The number of alkyl halides is 1. The predicted molar refractivity (Wildman–Crippen MR) is 75.8 cm³/mol. The van der Waals surface area contributed by atoms with E-state index in [9.17, 15) is 4.79 Å². The Kier molecular flexibility index (Phi) is 6.94. The number of carbonyl (C=O) groups excluding carboxylic acids is 1. The number of unbranched alkanes of at least 4 members (excludes halogenated alkanes) is 3. The van der Waals surface area contributed by atoms with Gasteiger partial charge in [0.05, 0.1) is 0 Å². The van der Waals surface area contributed by atoms with E-state index in [1.54, 1.807) is 0 Å². The van der Waals surface area contributed by atoms with Crippen LogP contribution in [0.25, 0.3) is 0 Å². The van der Waals surface area contributed by atoms with E-state index in [4.69, 9.17) is 0 Å². The molecule has 0 spiro atoms. The summed E-state index contributed by atoms with van der Waals surface area (Å²) in [6, 6.07) is 7.69. The van der Waals surface area contributed by atoms with E-state index in [2.05, 4.69) is 21.2 Å². The van der Waals surface area contributed by atoms with Crippen molar-refractivity contribution in [3.63, 3.8) is 0 Å². The van der Waals surface area contributed by atoms with E-state index in [1.807, 2.05) is 31.2 Å². The van der Waals surface area contributed by atoms with Crippen molar-refractivity contribution < 1.29 is 4.79 Å². The molecule has 0 saturated carbocycles. The van der Waals surface area contributed by atoms with Crippen molar-refractivity contribution in [1.29, 1.82) is 0 Å². The van der Waals surface area contributed by atoms with Crippen molar-refractivity contribution in [3.8, 4) is 0 Å². The van der Waals surface area contributed by atoms with Gasteiger partial charge in [0.15, 0.2) is 0 Å². The second-order valence-corrected chi connectivity index (χ2v) is 5.02. The van der Waals surface area contributed by atoms with Gasteiger partial charge in [0.1, 0.15) is 0 Å². The third-order valence-electron chi connectivity index (χ3n) is 2.63. The molecule has 0 aliphatic rings. The Balaban J connectivity index is 2.21. The van der Waals surface area contributed by atoms with Gasteiger partial charge in [-0.2, -0.15) is 0 Å². The SMILES string of the molecule is Cc1cccc(C(=O)NCCCCCCBr)c1. The van der Waals surface area contributed by atoms with Gasteiger partial charge in [-0.25, -0.2) is 0 Å². The van der Waals surface area contributed by atoms with Gasteiger partial charge in [0, 0.05) is 17.4 Å². The molecule has 0 aliphatic carbocycles. The molecule has 1 rings (SSSR count). The number of nitrogens with one attached hydrogen (secondary N) is 1. The molecule has 0 bridgehead atoms. The van der Waals surface area contributed by atoms with Gasteiger partial charge < -0.3 is 5.32 Å². The summed E-state index contributed by atoms with van der Waals surface area (Å²) in [7, 11) is 0. The van der Waals surface area contributed by atoms with Gasteiger partial charge in [-0.05, 0) is 31.9 Å². The first-order valence-electron chi connectivity index (χ1n) is 6.15.